The standard InChI is InChI=1S/C12H10F3N3O2/c1-2-20-11(19)9-6-8(17-18-9)10-7(12(13,14)15)4-3-5-16-10/h3-6H,2H2,1H3,(H,17,18). The van der Waals surface area contributed by atoms with Gasteiger partial charge in [-0.25, -0.2) is 4.79 Å². The van der Waals surface area contributed by atoms with E-state index in [1.54, 1.807) is 6.92 Å². The molecule has 8 heteroatoms. The summed E-state index contributed by atoms with van der Waals surface area (Å²) in [4.78, 5) is 15.1. The molecule has 2 aromatic heterocycles. The zero-order valence-corrected chi connectivity index (χ0v) is 10.4. The van der Waals surface area contributed by atoms with Gasteiger partial charge in [0.05, 0.1) is 12.2 Å². The van der Waals surface area contributed by atoms with Crippen molar-refractivity contribution in [3.8, 4) is 11.4 Å². The van der Waals surface area contributed by atoms with Crippen LogP contribution in [0.15, 0.2) is 24.4 Å². The molecule has 0 saturated heterocycles. The zero-order valence-electron chi connectivity index (χ0n) is 10.4. The van der Waals surface area contributed by atoms with Gasteiger partial charge in [0, 0.05) is 12.3 Å². The fourth-order valence-corrected chi connectivity index (χ4v) is 1.59. The first-order valence-electron chi connectivity index (χ1n) is 5.68. The first kappa shape index (κ1) is 14.0. The predicted molar refractivity (Wildman–Crippen MR) is 62.8 cm³/mol. The summed E-state index contributed by atoms with van der Waals surface area (Å²) in [5, 5.41) is 6.01. The number of esters is 1. The molecule has 0 amide bonds. The number of hydrogen-bond donors (Lipinski definition) is 1. The average Bonchev–Trinajstić information content (AvgIpc) is 2.87. The molecule has 0 fully saturated rings. The SMILES string of the molecule is CCOC(=O)c1cc(-c2ncccc2C(F)(F)F)n[nH]1. The number of nitrogens with one attached hydrogen (secondary N) is 1. The summed E-state index contributed by atoms with van der Waals surface area (Å²) in [5.41, 5.74) is -1.35. The molecule has 0 saturated carbocycles. The Balaban J connectivity index is 2.41. The summed E-state index contributed by atoms with van der Waals surface area (Å²) >= 11 is 0. The normalized spacial score (nSPS) is 11.4. The van der Waals surface area contributed by atoms with E-state index >= 15 is 0 Å². The van der Waals surface area contributed by atoms with Crippen LogP contribution in [0.4, 0.5) is 13.2 Å². The minimum Gasteiger partial charge on any atom is -0.461 e. The Morgan fingerprint density at radius 1 is 1.45 bits per heavy atom. The number of alkyl halides is 3. The highest BCUT2D eigenvalue weighted by molar-refractivity contribution is 5.88. The maximum atomic E-state index is 12.9. The maximum absolute atomic E-state index is 12.9. The number of H-pyrrole nitrogens is 1. The molecule has 20 heavy (non-hydrogen) atoms. The fourth-order valence-electron chi connectivity index (χ4n) is 1.59. The minimum atomic E-state index is -4.55. The number of carbonyl (C=O) groups excluding carboxylic acids is 1. The molecule has 0 aliphatic rings. The highest BCUT2D eigenvalue weighted by atomic mass is 19.4. The first-order valence-corrected chi connectivity index (χ1v) is 5.68. The number of nitrogens with zero attached hydrogens (tertiary/aromatic N) is 2. The van der Waals surface area contributed by atoms with Crippen LogP contribution in [0.3, 0.4) is 0 Å². The van der Waals surface area contributed by atoms with E-state index in [-0.39, 0.29) is 23.7 Å². The number of halogens is 3. The number of pyridine rings is 1. The summed E-state index contributed by atoms with van der Waals surface area (Å²) in [6.07, 6.45) is -3.32. The second-order valence-electron chi connectivity index (χ2n) is 3.78. The predicted octanol–water partition coefficient (Wildman–Crippen LogP) is 2.67. The van der Waals surface area contributed by atoms with Crippen molar-refractivity contribution in [3.05, 3.63) is 35.7 Å². The van der Waals surface area contributed by atoms with Crippen molar-refractivity contribution in [1.29, 1.82) is 0 Å². The van der Waals surface area contributed by atoms with Crippen molar-refractivity contribution >= 4 is 5.97 Å². The van der Waals surface area contributed by atoms with Crippen molar-refractivity contribution in [3.63, 3.8) is 0 Å². The fraction of sp³-hybridized carbons (Fsp3) is 0.250. The van der Waals surface area contributed by atoms with Crippen molar-refractivity contribution < 1.29 is 22.7 Å². The van der Waals surface area contributed by atoms with Crippen LogP contribution in [0.1, 0.15) is 23.0 Å². The molecule has 0 aliphatic carbocycles. The number of ether oxygens (including phenoxy) is 1. The molecule has 5 nitrogen and oxygen atoms in total. The van der Waals surface area contributed by atoms with Crippen LogP contribution in [0.2, 0.25) is 0 Å². The van der Waals surface area contributed by atoms with Gasteiger partial charge in [-0.05, 0) is 19.1 Å². The topological polar surface area (TPSA) is 67.9 Å². The highest BCUT2D eigenvalue weighted by Gasteiger charge is 2.35. The Hall–Kier alpha value is -2.38. The molecule has 0 atom stereocenters. The van der Waals surface area contributed by atoms with Gasteiger partial charge in [-0.3, -0.25) is 10.1 Å². The van der Waals surface area contributed by atoms with Crippen LogP contribution in [-0.4, -0.2) is 27.8 Å². The monoisotopic (exact) mass is 285 g/mol. The molecule has 2 heterocycles. The second-order valence-corrected chi connectivity index (χ2v) is 3.78. The van der Waals surface area contributed by atoms with Gasteiger partial charge in [0.25, 0.3) is 0 Å². The molecule has 0 spiro atoms. The molecule has 1 N–H and O–H groups in total. The number of rotatable bonds is 3. The van der Waals surface area contributed by atoms with Crippen LogP contribution in [0, 0.1) is 0 Å². The van der Waals surface area contributed by atoms with E-state index in [0.29, 0.717) is 0 Å². The lowest BCUT2D eigenvalue weighted by atomic mass is 10.1. The van der Waals surface area contributed by atoms with Gasteiger partial charge in [0.15, 0.2) is 0 Å². The zero-order chi connectivity index (χ0) is 14.8. The second kappa shape index (κ2) is 5.32. The van der Waals surface area contributed by atoms with Gasteiger partial charge < -0.3 is 4.74 Å². The van der Waals surface area contributed by atoms with Crippen LogP contribution in [0.5, 0.6) is 0 Å². The van der Waals surface area contributed by atoms with Crippen molar-refractivity contribution in [2.24, 2.45) is 0 Å². The Morgan fingerprint density at radius 2 is 2.20 bits per heavy atom. The van der Waals surface area contributed by atoms with Gasteiger partial charge >= 0.3 is 12.1 Å². The largest absolute Gasteiger partial charge is 0.461 e. The van der Waals surface area contributed by atoms with Crippen LogP contribution < -0.4 is 0 Å². The number of aromatic amines is 1. The maximum Gasteiger partial charge on any atom is 0.418 e. The smallest absolute Gasteiger partial charge is 0.418 e. The van der Waals surface area contributed by atoms with Crippen molar-refractivity contribution in [2.75, 3.05) is 6.61 Å². The van der Waals surface area contributed by atoms with E-state index in [1.807, 2.05) is 0 Å². The lowest BCUT2D eigenvalue weighted by molar-refractivity contribution is -0.137. The molecule has 2 rings (SSSR count). The molecule has 0 radical (unpaired) electrons. The Kier molecular flexibility index (Phi) is 3.73. The highest BCUT2D eigenvalue weighted by Crippen LogP contribution is 2.35. The van der Waals surface area contributed by atoms with Crippen LogP contribution in [-0.2, 0) is 10.9 Å². The van der Waals surface area contributed by atoms with Crippen LogP contribution >= 0.6 is 0 Å². The Bertz CT molecular complexity index is 622. The molecule has 0 unspecified atom stereocenters. The lowest BCUT2D eigenvalue weighted by Gasteiger charge is -2.09. The van der Waals surface area contributed by atoms with Crippen LogP contribution in [0.25, 0.3) is 11.4 Å². The third-order valence-corrected chi connectivity index (χ3v) is 2.43. The Labute approximate surface area is 111 Å². The lowest BCUT2D eigenvalue weighted by Crippen LogP contribution is -2.08. The third kappa shape index (κ3) is 2.79. The molecule has 0 aliphatic heterocycles. The summed E-state index contributed by atoms with van der Waals surface area (Å²) in [6, 6.07) is 3.27. The van der Waals surface area contributed by atoms with Crippen molar-refractivity contribution in [1.82, 2.24) is 15.2 Å². The summed E-state index contributed by atoms with van der Waals surface area (Å²) in [5.74, 6) is -0.685. The molecule has 0 aromatic carbocycles. The van der Waals surface area contributed by atoms with Gasteiger partial charge in [0.1, 0.15) is 17.1 Å². The minimum absolute atomic E-state index is 0.0272. The quantitative estimate of drug-likeness (QED) is 0.880. The molecule has 2 aromatic rings. The molecule has 0 bridgehead atoms. The summed E-state index contributed by atoms with van der Waals surface area (Å²) < 4.78 is 43.3. The Morgan fingerprint density at radius 3 is 2.85 bits per heavy atom. The first-order chi connectivity index (χ1) is 9.43. The molecular formula is C12H10F3N3O2. The molecule has 106 valence electrons. The number of hydrogen-bond acceptors (Lipinski definition) is 4. The number of aromatic nitrogens is 3. The van der Waals surface area contributed by atoms with E-state index in [2.05, 4.69) is 15.2 Å². The van der Waals surface area contributed by atoms with Gasteiger partial charge in [-0.2, -0.15) is 18.3 Å². The van der Waals surface area contributed by atoms with E-state index in [1.165, 1.54) is 18.3 Å². The number of carbonyl (C=O) groups is 1. The van der Waals surface area contributed by atoms with E-state index in [4.69, 9.17) is 4.74 Å². The van der Waals surface area contributed by atoms with E-state index in [0.717, 1.165) is 6.07 Å². The summed E-state index contributed by atoms with van der Waals surface area (Å²) in [7, 11) is 0. The van der Waals surface area contributed by atoms with E-state index < -0.39 is 17.7 Å². The summed E-state index contributed by atoms with van der Waals surface area (Å²) in [6.45, 7) is 1.78. The van der Waals surface area contributed by atoms with Crippen molar-refractivity contribution in [2.45, 2.75) is 13.1 Å². The third-order valence-electron chi connectivity index (χ3n) is 2.43. The van der Waals surface area contributed by atoms with Gasteiger partial charge in [-0.1, -0.05) is 0 Å². The average molecular weight is 285 g/mol. The van der Waals surface area contributed by atoms with Gasteiger partial charge in [-0.15, -0.1) is 0 Å². The van der Waals surface area contributed by atoms with Gasteiger partial charge in [0.2, 0.25) is 0 Å². The van der Waals surface area contributed by atoms with E-state index in [9.17, 15) is 18.0 Å². The molecular weight excluding hydrogens is 275 g/mol.